The van der Waals surface area contributed by atoms with E-state index in [0.29, 0.717) is 18.1 Å². The lowest BCUT2D eigenvalue weighted by atomic mass is 10.0. The van der Waals surface area contributed by atoms with Crippen LogP contribution in [0.15, 0.2) is 34.9 Å². The molecule has 2 atom stereocenters. The second-order valence-electron chi connectivity index (χ2n) is 5.02. The van der Waals surface area contributed by atoms with Crippen LogP contribution in [-0.4, -0.2) is 17.3 Å². The van der Waals surface area contributed by atoms with Crippen molar-refractivity contribution in [2.45, 2.75) is 38.3 Å². The molecule has 0 aliphatic heterocycles. The molecule has 0 aliphatic rings. The van der Waals surface area contributed by atoms with Crippen LogP contribution in [0, 0.1) is 0 Å². The minimum Gasteiger partial charge on any atom is -0.370 e. The zero-order chi connectivity index (χ0) is 14.6. The maximum Gasteiger partial charge on any atom is 0.228 e. The Hall–Kier alpha value is -1.72. The average Bonchev–Trinajstić information content (AvgIpc) is 2.96. The van der Waals surface area contributed by atoms with E-state index in [1.807, 2.05) is 44.2 Å². The molecule has 2 unspecified atom stereocenters. The van der Waals surface area contributed by atoms with E-state index in [9.17, 15) is 0 Å². The third-order valence-electron chi connectivity index (χ3n) is 3.69. The normalized spacial score (nSPS) is 15.8. The highest BCUT2D eigenvalue weighted by atomic mass is 16.5. The zero-order valence-corrected chi connectivity index (χ0v) is 12.2. The fraction of sp³-hybridized carbons (Fsp3) is 0.467. The van der Waals surface area contributed by atoms with Gasteiger partial charge in [0.05, 0.1) is 0 Å². The molecular formula is C15H21N3O2. The fourth-order valence-electron chi connectivity index (χ4n) is 1.95. The predicted molar refractivity (Wildman–Crippen MR) is 76.0 cm³/mol. The summed E-state index contributed by atoms with van der Waals surface area (Å²) in [6.45, 7) is 3.97. The largest absolute Gasteiger partial charge is 0.370 e. The van der Waals surface area contributed by atoms with Crippen molar-refractivity contribution < 1.29 is 9.26 Å². The summed E-state index contributed by atoms with van der Waals surface area (Å²) in [4.78, 5) is 4.41. The summed E-state index contributed by atoms with van der Waals surface area (Å²) >= 11 is 0. The van der Waals surface area contributed by atoms with Gasteiger partial charge in [-0.2, -0.15) is 4.98 Å². The van der Waals surface area contributed by atoms with Gasteiger partial charge >= 0.3 is 0 Å². The molecule has 0 aliphatic carbocycles. The number of ether oxygens (including phenoxy) is 1. The predicted octanol–water partition coefficient (Wildman–Crippen LogP) is 2.58. The molecule has 20 heavy (non-hydrogen) atoms. The van der Waals surface area contributed by atoms with E-state index < -0.39 is 5.60 Å². The van der Waals surface area contributed by atoms with Crippen molar-refractivity contribution in [3.8, 4) is 0 Å². The third kappa shape index (κ3) is 3.05. The van der Waals surface area contributed by atoms with Crippen LogP contribution < -0.4 is 5.73 Å². The maximum atomic E-state index is 6.15. The summed E-state index contributed by atoms with van der Waals surface area (Å²) in [5.41, 5.74) is 6.69. The Morgan fingerprint density at radius 1 is 1.35 bits per heavy atom. The number of benzene rings is 1. The van der Waals surface area contributed by atoms with E-state index in [-0.39, 0.29) is 6.04 Å². The number of aromatic nitrogens is 2. The second kappa shape index (κ2) is 6.15. The lowest BCUT2D eigenvalue weighted by Gasteiger charge is -2.21. The van der Waals surface area contributed by atoms with E-state index in [2.05, 4.69) is 10.1 Å². The summed E-state index contributed by atoms with van der Waals surface area (Å²) in [5.74, 6) is 1.10. The first-order valence-corrected chi connectivity index (χ1v) is 6.78. The molecule has 5 nitrogen and oxygen atoms in total. The van der Waals surface area contributed by atoms with E-state index in [4.69, 9.17) is 15.0 Å². The van der Waals surface area contributed by atoms with Crippen molar-refractivity contribution in [1.82, 2.24) is 10.1 Å². The Kier molecular flexibility index (Phi) is 4.52. The highest BCUT2D eigenvalue weighted by molar-refractivity contribution is 5.19. The first-order chi connectivity index (χ1) is 9.59. The summed E-state index contributed by atoms with van der Waals surface area (Å²) in [7, 11) is 1.65. The molecule has 0 saturated carbocycles. The number of rotatable bonds is 6. The Labute approximate surface area is 119 Å². The molecule has 0 fully saturated rings. The van der Waals surface area contributed by atoms with Gasteiger partial charge in [-0.15, -0.1) is 0 Å². The van der Waals surface area contributed by atoms with E-state index >= 15 is 0 Å². The molecule has 0 spiro atoms. The van der Waals surface area contributed by atoms with Gasteiger partial charge in [0.15, 0.2) is 0 Å². The van der Waals surface area contributed by atoms with E-state index in [1.54, 1.807) is 7.11 Å². The number of nitrogens with zero attached hydrogens (tertiary/aromatic N) is 2. The molecule has 5 heteroatoms. The lowest BCUT2D eigenvalue weighted by Crippen LogP contribution is -2.25. The Balaban J connectivity index is 2.10. The zero-order valence-electron chi connectivity index (χ0n) is 12.2. The van der Waals surface area contributed by atoms with Gasteiger partial charge in [0.2, 0.25) is 11.7 Å². The number of hydrogen-bond acceptors (Lipinski definition) is 5. The molecule has 2 rings (SSSR count). The molecule has 2 N–H and O–H groups in total. The van der Waals surface area contributed by atoms with Gasteiger partial charge in [-0.1, -0.05) is 42.4 Å². The molecule has 1 aromatic carbocycles. The molecule has 1 heterocycles. The number of hydrogen-bond donors (Lipinski definition) is 1. The van der Waals surface area contributed by atoms with Crippen molar-refractivity contribution in [1.29, 1.82) is 0 Å². The molecule has 2 aromatic rings. The summed E-state index contributed by atoms with van der Waals surface area (Å²) in [5, 5.41) is 4.01. The summed E-state index contributed by atoms with van der Waals surface area (Å²) in [6, 6.07) is 9.73. The lowest BCUT2D eigenvalue weighted by molar-refractivity contribution is -0.0106. The SMILES string of the molecule is CCC(C)(OC)c1noc(CC(N)c2ccccc2)n1. The number of methoxy groups -OCH3 is 1. The van der Waals surface area contributed by atoms with E-state index in [1.165, 1.54) is 0 Å². The van der Waals surface area contributed by atoms with Gasteiger partial charge in [-0.25, -0.2) is 0 Å². The van der Waals surface area contributed by atoms with Gasteiger partial charge in [0.25, 0.3) is 0 Å². The van der Waals surface area contributed by atoms with Gasteiger partial charge in [0.1, 0.15) is 5.60 Å². The molecular weight excluding hydrogens is 254 g/mol. The summed E-state index contributed by atoms with van der Waals surface area (Å²) < 4.78 is 10.7. The van der Waals surface area contributed by atoms with Crippen LogP contribution in [-0.2, 0) is 16.8 Å². The minimum atomic E-state index is -0.515. The molecule has 0 radical (unpaired) electrons. The Morgan fingerprint density at radius 3 is 2.65 bits per heavy atom. The van der Waals surface area contributed by atoms with Gasteiger partial charge in [0, 0.05) is 19.6 Å². The van der Waals surface area contributed by atoms with E-state index in [0.717, 1.165) is 12.0 Å². The van der Waals surface area contributed by atoms with Crippen LogP contribution in [0.25, 0.3) is 0 Å². The molecule has 108 valence electrons. The number of nitrogens with two attached hydrogens (primary N) is 1. The fourth-order valence-corrected chi connectivity index (χ4v) is 1.95. The van der Waals surface area contributed by atoms with Crippen LogP contribution in [0.1, 0.15) is 43.6 Å². The van der Waals surface area contributed by atoms with Gasteiger partial charge in [-0.05, 0) is 18.9 Å². The molecule has 0 bridgehead atoms. The van der Waals surface area contributed by atoms with Crippen LogP contribution in [0.5, 0.6) is 0 Å². The monoisotopic (exact) mass is 275 g/mol. The maximum absolute atomic E-state index is 6.15. The van der Waals surface area contributed by atoms with Crippen molar-refractivity contribution in [3.63, 3.8) is 0 Å². The first-order valence-electron chi connectivity index (χ1n) is 6.78. The van der Waals surface area contributed by atoms with Crippen LogP contribution in [0.4, 0.5) is 0 Å². The average molecular weight is 275 g/mol. The minimum absolute atomic E-state index is 0.153. The Morgan fingerprint density at radius 2 is 2.05 bits per heavy atom. The van der Waals surface area contributed by atoms with Crippen LogP contribution in [0.3, 0.4) is 0 Å². The smallest absolute Gasteiger partial charge is 0.228 e. The molecule has 1 aromatic heterocycles. The summed E-state index contributed by atoms with van der Waals surface area (Å²) in [6.07, 6.45) is 1.29. The molecule has 0 amide bonds. The highest BCUT2D eigenvalue weighted by Crippen LogP contribution is 2.26. The van der Waals surface area contributed by atoms with Crippen molar-refractivity contribution in [2.75, 3.05) is 7.11 Å². The second-order valence-corrected chi connectivity index (χ2v) is 5.02. The van der Waals surface area contributed by atoms with Crippen molar-refractivity contribution in [2.24, 2.45) is 5.73 Å². The topological polar surface area (TPSA) is 74.2 Å². The molecule has 0 saturated heterocycles. The van der Waals surface area contributed by atoms with Crippen molar-refractivity contribution in [3.05, 3.63) is 47.6 Å². The van der Waals surface area contributed by atoms with Gasteiger partial charge < -0.3 is 15.0 Å². The standard InChI is InChI=1S/C15H21N3O2/c1-4-15(2,19-3)14-17-13(20-18-14)10-12(16)11-8-6-5-7-9-11/h5-9,12H,4,10,16H2,1-3H3. The quantitative estimate of drug-likeness (QED) is 0.877. The van der Waals surface area contributed by atoms with Gasteiger partial charge in [-0.3, -0.25) is 0 Å². The van der Waals surface area contributed by atoms with Crippen LogP contribution >= 0.6 is 0 Å². The first kappa shape index (κ1) is 14.7. The highest BCUT2D eigenvalue weighted by Gasteiger charge is 2.30. The third-order valence-corrected chi connectivity index (χ3v) is 3.69. The van der Waals surface area contributed by atoms with Crippen molar-refractivity contribution >= 4 is 0 Å². The van der Waals surface area contributed by atoms with Crippen LogP contribution in [0.2, 0.25) is 0 Å². The Bertz CT molecular complexity index is 535.